The Kier molecular flexibility index (Phi) is 5.56. The van der Waals surface area contributed by atoms with Gasteiger partial charge in [-0.3, -0.25) is 10.1 Å². The number of carbonyl (C=O) groups is 1. The Morgan fingerprint density at radius 3 is 2.62 bits per heavy atom. The zero-order valence-corrected chi connectivity index (χ0v) is 15.9. The van der Waals surface area contributed by atoms with Crippen LogP contribution in [0.25, 0.3) is 17.3 Å². The van der Waals surface area contributed by atoms with Gasteiger partial charge in [-0.15, -0.1) is 22.7 Å². The van der Waals surface area contributed by atoms with Crippen molar-refractivity contribution in [3.63, 3.8) is 0 Å². The second-order valence-corrected chi connectivity index (χ2v) is 7.42. The summed E-state index contributed by atoms with van der Waals surface area (Å²) in [6.07, 6.45) is 2.47. The van der Waals surface area contributed by atoms with E-state index in [9.17, 15) is 10.1 Å². The predicted molar refractivity (Wildman–Crippen MR) is 106 cm³/mol. The van der Waals surface area contributed by atoms with Crippen LogP contribution in [0.1, 0.15) is 23.2 Å². The van der Waals surface area contributed by atoms with Gasteiger partial charge in [0, 0.05) is 16.3 Å². The van der Waals surface area contributed by atoms with Crippen LogP contribution in [-0.4, -0.2) is 15.9 Å². The number of benzene rings is 1. The van der Waals surface area contributed by atoms with Crippen LogP contribution < -0.4 is 5.32 Å². The average Bonchev–Trinajstić information content (AvgIpc) is 3.28. The number of carbonyl (C=O) groups excluding carboxylic acids is 1. The molecule has 3 rings (SSSR count). The summed E-state index contributed by atoms with van der Waals surface area (Å²) in [6, 6.07) is 10.1. The minimum atomic E-state index is -0.486. The number of thiazole rings is 2. The van der Waals surface area contributed by atoms with Crippen LogP contribution in [0.15, 0.2) is 40.6 Å². The van der Waals surface area contributed by atoms with Gasteiger partial charge in [0.25, 0.3) is 5.91 Å². The van der Waals surface area contributed by atoms with Gasteiger partial charge >= 0.3 is 0 Å². The molecule has 2 aromatic heterocycles. The molecule has 0 aliphatic carbocycles. The maximum atomic E-state index is 12.3. The fraction of sp³-hybridized carbons (Fsp3) is 0.158. The molecule has 0 aliphatic heterocycles. The Labute approximate surface area is 159 Å². The minimum absolute atomic E-state index is 0.000603. The maximum absolute atomic E-state index is 12.3. The predicted octanol–water partition coefficient (Wildman–Crippen LogP) is 4.68. The summed E-state index contributed by atoms with van der Waals surface area (Å²) in [7, 11) is 0. The van der Waals surface area contributed by atoms with E-state index in [-0.39, 0.29) is 5.57 Å². The molecule has 0 saturated carbocycles. The standard InChI is InChI=1S/C19H16N4OS2/c1-3-13-4-6-14(7-5-13)17-11-26-19(22-17)23-18(24)15(9-20)8-16-10-25-12(2)21-16/h4-8,10-11H,3H2,1-2H3,(H,22,23,24)/b15-8+. The Morgan fingerprint density at radius 2 is 2.00 bits per heavy atom. The smallest absolute Gasteiger partial charge is 0.268 e. The number of nitriles is 1. The van der Waals surface area contributed by atoms with E-state index in [0.717, 1.165) is 22.7 Å². The van der Waals surface area contributed by atoms with Gasteiger partial charge in [0.15, 0.2) is 5.13 Å². The molecule has 0 fully saturated rings. The molecule has 0 aliphatic rings. The molecule has 2 heterocycles. The fourth-order valence-electron chi connectivity index (χ4n) is 2.28. The van der Waals surface area contributed by atoms with Crippen molar-refractivity contribution in [3.8, 4) is 17.3 Å². The number of hydrogen-bond acceptors (Lipinski definition) is 6. The third-order valence-corrected chi connectivity index (χ3v) is 5.23. The lowest BCUT2D eigenvalue weighted by atomic mass is 10.1. The van der Waals surface area contributed by atoms with Gasteiger partial charge in [0.1, 0.15) is 11.6 Å². The largest absolute Gasteiger partial charge is 0.297 e. The second kappa shape index (κ2) is 8.04. The summed E-state index contributed by atoms with van der Waals surface area (Å²) in [4.78, 5) is 21.0. The lowest BCUT2D eigenvalue weighted by Crippen LogP contribution is -2.13. The molecule has 1 N–H and O–H groups in total. The van der Waals surface area contributed by atoms with Crippen molar-refractivity contribution < 1.29 is 4.79 Å². The third kappa shape index (κ3) is 4.23. The highest BCUT2D eigenvalue weighted by molar-refractivity contribution is 7.14. The molecule has 3 aromatic rings. The highest BCUT2D eigenvalue weighted by Crippen LogP contribution is 2.25. The molecular weight excluding hydrogens is 364 g/mol. The number of rotatable bonds is 5. The van der Waals surface area contributed by atoms with Crippen LogP contribution in [0.5, 0.6) is 0 Å². The molecule has 26 heavy (non-hydrogen) atoms. The summed E-state index contributed by atoms with van der Waals surface area (Å²) >= 11 is 2.80. The Morgan fingerprint density at radius 1 is 1.23 bits per heavy atom. The molecule has 0 saturated heterocycles. The molecule has 1 amide bonds. The van der Waals surface area contributed by atoms with Gasteiger partial charge < -0.3 is 0 Å². The SMILES string of the molecule is CCc1ccc(-c2csc(NC(=O)/C(C#N)=C/c3csc(C)n3)n2)cc1. The van der Waals surface area contributed by atoms with E-state index in [1.807, 2.05) is 30.5 Å². The molecule has 0 atom stereocenters. The lowest BCUT2D eigenvalue weighted by molar-refractivity contribution is -0.112. The highest BCUT2D eigenvalue weighted by atomic mass is 32.1. The maximum Gasteiger partial charge on any atom is 0.268 e. The second-order valence-electron chi connectivity index (χ2n) is 5.50. The summed E-state index contributed by atoms with van der Waals surface area (Å²) in [5.74, 6) is -0.486. The first-order valence-electron chi connectivity index (χ1n) is 7.99. The van der Waals surface area contributed by atoms with Crippen molar-refractivity contribution in [2.24, 2.45) is 0 Å². The number of aromatic nitrogens is 2. The molecule has 5 nitrogen and oxygen atoms in total. The molecule has 0 unspecified atom stereocenters. The van der Waals surface area contributed by atoms with Crippen molar-refractivity contribution in [2.75, 3.05) is 5.32 Å². The first kappa shape index (κ1) is 18.0. The van der Waals surface area contributed by atoms with Crippen molar-refractivity contribution in [2.45, 2.75) is 20.3 Å². The van der Waals surface area contributed by atoms with Crippen molar-refractivity contribution in [3.05, 3.63) is 56.9 Å². The van der Waals surface area contributed by atoms with E-state index in [1.165, 1.54) is 34.3 Å². The summed E-state index contributed by atoms with van der Waals surface area (Å²) in [5.41, 5.74) is 3.66. The monoisotopic (exact) mass is 380 g/mol. The quantitative estimate of drug-likeness (QED) is 0.515. The van der Waals surface area contributed by atoms with E-state index < -0.39 is 5.91 Å². The highest BCUT2D eigenvalue weighted by Gasteiger charge is 2.13. The number of anilines is 1. The van der Waals surface area contributed by atoms with Gasteiger partial charge in [0.2, 0.25) is 0 Å². The van der Waals surface area contributed by atoms with Gasteiger partial charge in [-0.1, -0.05) is 31.2 Å². The Hall–Kier alpha value is -2.82. The molecule has 1 aromatic carbocycles. The molecular formula is C19H16N4OS2. The zero-order valence-electron chi connectivity index (χ0n) is 14.3. The van der Waals surface area contributed by atoms with E-state index >= 15 is 0 Å². The van der Waals surface area contributed by atoms with Gasteiger partial charge in [-0.2, -0.15) is 5.26 Å². The third-order valence-electron chi connectivity index (χ3n) is 3.68. The number of aryl methyl sites for hydroxylation is 2. The van der Waals surface area contributed by atoms with Gasteiger partial charge in [0.05, 0.1) is 16.4 Å². The van der Waals surface area contributed by atoms with Crippen LogP contribution in [0.3, 0.4) is 0 Å². The lowest BCUT2D eigenvalue weighted by Gasteiger charge is -2.00. The van der Waals surface area contributed by atoms with Crippen molar-refractivity contribution in [1.29, 1.82) is 5.26 Å². The Bertz CT molecular complexity index is 993. The fourth-order valence-corrected chi connectivity index (χ4v) is 3.57. The summed E-state index contributed by atoms with van der Waals surface area (Å²) in [5, 5.41) is 17.0. The van der Waals surface area contributed by atoms with Crippen LogP contribution in [-0.2, 0) is 11.2 Å². The normalized spacial score (nSPS) is 11.2. The summed E-state index contributed by atoms with van der Waals surface area (Å²) in [6.45, 7) is 3.98. The van der Waals surface area contributed by atoms with Gasteiger partial charge in [-0.05, 0) is 25.0 Å². The molecule has 130 valence electrons. The molecule has 7 heteroatoms. The topological polar surface area (TPSA) is 78.7 Å². The van der Waals surface area contributed by atoms with Crippen LogP contribution >= 0.6 is 22.7 Å². The van der Waals surface area contributed by atoms with E-state index in [1.54, 1.807) is 5.38 Å². The van der Waals surface area contributed by atoms with Gasteiger partial charge in [-0.25, -0.2) is 9.97 Å². The minimum Gasteiger partial charge on any atom is -0.297 e. The number of amides is 1. The number of nitrogens with zero attached hydrogens (tertiary/aromatic N) is 3. The van der Waals surface area contributed by atoms with E-state index in [4.69, 9.17) is 0 Å². The van der Waals surface area contributed by atoms with E-state index in [0.29, 0.717) is 10.8 Å². The molecule has 0 spiro atoms. The van der Waals surface area contributed by atoms with E-state index in [2.05, 4.69) is 34.3 Å². The van der Waals surface area contributed by atoms with Crippen molar-refractivity contribution >= 4 is 39.8 Å². The van der Waals surface area contributed by atoms with Crippen LogP contribution in [0.4, 0.5) is 5.13 Å². The first-order chi connectivity index (χ1) is 12.6. The van der Waals surface area contributed by atoms with Crippen molar-refractivity contribution in [1.82, 2.24) is 9.97 Å². The first-order valence-corrected chi connectivity index (χ1v) is 9.75. The zero-order chi connectivity index (χ0) is 18.5. The Balaban J connectivity index is 1.74. The average molecular weight is 380 g/mol. The van der Waals surface area contributed by atoms with Crippen LogP contribution in [0, 0.1) is 18.3 Å². The number of hydrogen-bond donors (Lipinski definition) is 1. The number of nitrogens with one attached hydrogen (secondary N) is 1. The molecule has 0 bridgehead atoms. The molecule has 0 radical (unpaired) electrons. The van der Waals surface area contributed by atoms with Crippen LogP contribution in [0.2, 0.25) is 0 Å². The summed E-state index contributed by atoms with van der Waals surface area (Å²) < 4.78 is 0.